The molecule has 0 heterocycles. The molecule has 0 radical (unpaired) electrons. The molecule has 0 fully saturated rings. The predicted molar refractivity (Wildman–Crippen MR) is 86.4 cm³/mol. The minimum atomic E-state index is 0.788. The molecule has 0 unspecified atom stereocenters. The molecule has 0 saturated carbocycles. The Bertz CT molecular complexity index is 489. The quantitative estimate of drug-likeness (QED) is 0.760. The van der Waals surface area contributed by atoms with Crippen molar-refractivity contribution in [3.8, 4) is 0 Å². The van der Waals surface area contributed by atoms with Gasteiger partial charge in [-0.1, -0.05) is 49.7 Å². The molecule has 0 atom stereocenters. The molecule has 0 saturated heterocycles. The summed E-state index contributed by atoms with van der Waals surface area (Å²) in [5, 5.41) is 0.788. The zero-order valence-corrected chi connectivity index (χ0v) is 12.9. The Morgan fingerprint density at radius 2 is 1.53 bits per heavy atom. The Morgan fingerprint density at radius 1 is 0.895 bits per heavy atom. The van der Waals surface area contributed by atoms with Crippen LogP contribution in [0.2, 0.25) is 5.02 Å². The maximum absolute atomic E-state index is 5.87. The highest BCUT2D eigenvalue weighted by molar-refractivity contribution is 6.30. The van der Waals surface area contributed by atoms with Gasteiger partial charge in [-0.05, 0) is 41.8 Å². The molecule has 2 aromatic rings. The van der Waals surface area contributed by atoms with Crippen LogP contribution in [0.25, 0.3) is 0 Å². The zero-order valence-electron chi connectivity index (χ0n) is 12.2. The van der Waals surface area contributed by atoms with Gasteiger partial charge in [-0.2, -0.15) is 0 Å². The maximum Gasteiger partial charge on any atom is 0.0406 e. The number of nitrogens with zero attached hydrogens (tertiary/aromatic N) is 1. The third-order valence-electron chi connectivity index (χ3n) is 2.75. The monoisotopic (exact) mass is 275 g/mol. The first-order valence-corrected chi connectivity index (χ1v) is 7.03. The number of rotatable bonds is 3. The van der Waals surface area contributed by atoms with Crippen molar-refractivity contribution in [2.45, 2.75) is 20.3 Å². The Morgan fingerprint density at radius 3 is 2.11 bits per heavy atom. The van der Waals surface area contributed by atoms with Crippen molar-refractivity contribution < 1.29 is 0 Å². The fourth-order valence-corrected chi connectivity index (χ4v) is 1.91. The summed E-state index contributed by atoms with van der Waals surface area (Å²) in [5.41, 5.74) is 3.83. The summed E-state index contributed by atoms with van der Waals surface area (Å²) in [4.78, 5) is 2.12. The van der Waals surface area contributed by atoms with E-state index in [9.17, 15) is 0 Å². The third kappa shape index (κ3) is 4.96. The molecule has 0 aromatic heterocycles. The zero-order chi connectivity index (χ0) is 14.3. The van der Waals surface area contributed by atoms with E-state index in [1.807, 2.05) is 26.0 Å². The van der Waals surface area contributed by atoms with Crippen LogP contribution in [0.3, 0.4) is 0 Å². The average Bonchev–Trinajstić information content (AvgIpc) is 2.44. The first-order chi connectivity index (χ1) is 9.15. The van der Waals surface area contributed by atoms with Crippen LogP contribution in [-0.4, -0.2) is 14.1 Å². The normalized spacial score (nSPS) is 9.53. The molecule has 0 N–H and O–H groups in total. The van der Waals surface area contributed by atoms with Gasteiger partial charge in [0.05, 0.1) is 0 Å². The van der Waals surface area contributed by atoms with Crippen molar-refractivity contribution in [2.75, 3.05) is 19.0 Å². The van der Waals surface area contributed by atoms with Crippen LogP contribution in [0.15, 0.2) is 48.5 Å². The summed E-state index contributed by atoms with van der Waals surface area (Å²) in [5.74, 6) is 0. The van der Waals surface area contributed by atoms with E-state index < -0.39 is 0 Å². The third-order valence-corrected chi connectivity index (χ3v) is 3.00. The molecule has 0 aliphatic rings. The molecule has 0 aliphatic carbocycles. The number of benzene rings is 2. The average molecular weight is 276 g/mol. The van der Waals surface area contributed by atoms with E-state index >= 15 is 0 Å². The van der Waals surface area contributed by atoms with Gasteiger partial charge >= 0.3 is 0 Å². The molecule has 2 rings (SSSR count). The van der Waals surface area contributed by atoms with Crippen molar-refractivity contribution in [1.82, 2.24) is 0 Å². The highest BCUT2D eigenvalue weighted by Gasteiger charge is 1.99. The first-order valence-electron chi connectivity index (χ1n) is 6.66. The summed E-state index contributed by atoms with van der Waals surface area (Å²) in [6, 6.07) is 16.6. The van der Waals surface area contributed by atoms with Gasteiger partial charge in [-0.3, -0.25) is 0 Å². The van der Waals surface area contributed by atoms with Crippen molar-refractivity contribution in [3.05, 3.63) is 64.7 Å². The van der Waals surface area contributed by atoms with Crippen LogP contribution in [0.4, 0.5) is 5.69 Å². The van der Waals surface area contributed by atoms with Crippen LogP contribution in [0.1, 0.15) is 25.0 Å². The predicted octanol–water partition coefficient (Wildman–Crippen LogP) is 5.02. The highest BCUT2D eigenvalue weighted by Crippen LogP contribution is 2.17. The lowest BCUT2D eigenvalue weighted by Gasteiger charge is -2.13. The smallest absolute Gasteiger partial charge is 0.0406 e. The lowest BCUT2D eigenvalue weighted by Crippen LogP contribution is -2.08. The Labute approximate surface area is 121 Å². The van der Waals surface area contributed by atoms with E-state index in [2.05, 4.69) is 55.4 Å². The summed E-state index contributed by atoms with van der Waals surface area (Å²) in [6.07, 6.45) is 0.943. The SMILES string of the molecule is CC.CN(C)c1cccc(Cc2ccc(Cl)cc2)c1. The number of halogens is 1. The Kier molecular flexibility index (Phi) is 6.44. The van der Waals surface area contributed by atoms with Gasteiger partial charge in [0.2, 0.25) is 0 Å². The van der Waals surface area contributed by atoms with Gasteiger partial charge in [0.25, 0.3) is 0 Å². The second-order valence-corrected chi connectivity index (χ2v) is 4.80. The van der Waals surface area contributed by atoms with E-state index in [0.29, 0.717) is 0 Å². The fraction of sp³-hybridized carbons (Fsp3) is 0.294. The molecule has 0 spiro atoms. The van der Waals surface area contributed by atoms with Gasteiger partial charge in [-0.15, -0.1) is 0 Å². The molecule has 102 valence electrons. The van der Waals surface area contributed by atoms with Crippen LogP contribution >= 0.6 is 11.6 Å². The van der Waals surface area contributed by atoms with Crippen molar-refractivity contribution >= 4 is 17.3 Å². The van der Waals surface area contributed by atoms with Crippen LogP contribution in [-0.2, 0) is 6.42 Å². The molecule has 0 amide bonds. The van der Waals surface area contributed by atoms with Crippen LogP contribution in [0, 0.1) is 0 Å². The number of hydrogen-bond acceptors (Lipinski definition) is 1. The van der Waals surface area contributed by atoms with E-state index in [-0.39, 0.29) is 0 Å². The molecule has 2 aromatic carbocycles. The van der Waals surface area contributed by atoms with Crippen molar-refractivity contribution in [1.29, 1.82) is 0 Å². The fourth-order valence-electron chi connectivity index (χ4n) is 1.78. The van der Waals surface area contributed by atoms with Gasteiger partial charge in [0.1, 0.15) is 0 Å². The highest BCUT2D eigenvalue weighted by atomic mass is 35.5. The van der Waals surface area contributed by atoms with E-state index in [1.165, 1.54) is 16.8 Å². The van der Waals surface area contributed by atoms with Crippen LogP contribution < -0.4 is 4.90 Å². The van der Waals surface area contributed by atoms with E-state index in [4.69, 9.17) is 11.6 Å². The Hall–Kier alpha value is -1.47. The lowest BCUT2D eigenvalue weighted by atomic mass is 10.0. The molecule has 0 aliphatic heterocycles. The maximum atomic E-state index is 5.87. The molecule has 1 nitrogen and oxygen atoms in total. The molecule has 0 bridgehead atoms. The van der Waals surface area contributed by atoms with Crippen molar-refractivity contribution in [3.63, 3.8) is 0 Å². The van der Waals surface area contributed by atoms with Gasteiger partial charge in [0.15, 0.2) is 0 Å². The second kappa shape index (κ2) is 7.85. The van der Waals surface area contributed by atoms with Gasteiger partial charge in [-0.25, -0.2) is 0 Å². The lowest BCUT2D eigenvalue weighted by molar-refractivity contribution is 1.11. The second-order valence-electron chi connectivity index (χ2n) is 4.37. The largest absolute Gasteiger partial charge is 0.378 e. The number of anilines is 1. The number of hydrogen-bond donors (Lipinski definition) is 0. The first kappa shape index (κ1) is 15.6. The van der Waals surface area contributed by atoms with Crippen LogP contribution in [0.5, 0.6) is 0 Å². The Balaban J connectivity index is 0.000000861. The summed E-state index contributed by atoms with van der Waals surface area (Å²) in [7, 11) is 4.11. The summed E-state index contributed by atoms with van der Waals surface area (Å²) in [6.45, 7) is 4.00. The summed E-state index contributed by atoms with van der Waals surface area (Å²) < 4.78 is 0. The summed E-state index contributed by atoms with van der Waals surface area (Å²) >= 11 is 5.87. The van der Waals surface area contributed by atoms with Crippen molar-refractivity contribution in [2.24, 2.45) is 0 Å². The molecular formula is C17H22ClN. The van der Waals surface area contributed by atoms with Gasteiger partial charge < -0.3 is 4.90 Å². The molecular weight excluding hydrogens is 254 g/mol. The van der Waals surface area contributed by atoms with E-state index in [0.717, 1.165) is 11.4 Å². The van der Waals surface area contributed by atoms with Gasteiger partial charge in [0, 0.05) is 24.8 Å². The molecule has 19 heavy (non-hydrogen) atoms. The van der Waals surface area contributed by atoms with E-state index in [1.54, 1.807) is 0 Å². The standard InChI is InChI=1S/C15H16ClN.C2H6/c1-17(2)15-5-3-4-13(11-15)10-12-6-8-14(16)9-7-12;1-2/h3-9,11H,10H2,1-2H3;1-2H3. The minimum Gasteiger partial charge on any atom is -0.378 e. The topological polar surface area (TPSA) is 3.24 Å². The molecule has 2 heteroatoms. The minimum absolute atomic E-state index is 0.788.